The first-order chi connectivity index (χ1) is 14.3. The minimum Gasteiger partial charge on any atom is -0.497 e. The first-order valence-electron chi connectivity index (χ1n) is 8.95. The molecule has 0 saturated carbocycles. The lowest BCUT2D eigenvalue weighted by molar-refractivity contribution is 0.0985. The largest absolute Gasteiger partial charge is 0.497 e. The first kappa shape index (κ1) is 21.4. The Balaban J connectivity index is 1.95. The molecule has 0 bridgehead atoms. The molecule has 30 heavy (non-hydrogen) atoms. The summed E-state index contributed by atoms with van der Waals surface area (Å²) in [5.74, 6) is -3.29. The number of carbonyl (C=O) groups is 1. The van der Waals surface area contributed by atoms with Crippen LogP contribution in [0, 0.1) is 0 Å². The second-order valence-corrected chi connectivity index (χ2v) is 8.32. The number of methoxy groups -OCH3 is 1. The van der Waals surface area contributed by atoms with Gasteiger partial charge in [0.1, 0.15) is 5.75 Å². The van der Waals surface area contributed by atoms with Crippen molar-refractivity contribution >= 4 is 21.4 Å². The molecule has 0 aliphatic carbocycles. The third-order valence-corrected chi connectivity index (χ3v) is 5.88. The Morgan fingerprint density at radius 2 is 1.53 bits per heavy atom. The van der Waals surface area contributed by atoms with Gasteiger partial charge in [-0.25, -0.2) is 8.42 Å². The number of anilines is 1. The number of alkyl halides is 2. The summed E-state index contributed by atoms with van der Waals surface area (Å²) in [5, 5.41) is 0. The van der Waals surface area contributed by atoms with Gasteiger partial charge in [0.2, 0.25) is 9.84 Å². The van der Waals surface area contributed by atoms with Crippen molar-refractivity contribution < 1.29 is 26.7 Å². The Bertz CT molecular complexity index is 1100. The molecule has 3 rings (SSSR count). The predicted molar refractivity (Wildman–Crippen MR) is 110 cm³/mol. The molecule has 0 heterocycles. The highest BCUT2D eigenvalue weighted by Crippen LogP contribution is 2.25. The Labute approximate surface area is 173 Å². The van der Waals surface area contributed by atoms with Crippen LogP contribution in [-0.4, -0.2) is 27.2 Å². The number of amides is 1. The Morgan fingerprint density at radius 3 is 2.07 bits per heavy atom. The average molecular weight is 431 g/mol. The van der Waals surface area contributed by atoms with Gasteiger partial charge in [-0.15, -0.1) is 0 Å². The van der Waals surface area contributed by atoms with E-state index in [1.165, 1.54) is 24.1 Å². The summed E-state index contributed by atoms with van der Waals surface area (Å²) in [5.41, 5.74) is 1.67. The van der Waals surface area contributed by atoms with Crippen LogP contribution in [-0.2, 0) is 16.4 Å². The molecule has 0 unspecified atom stereocenters. The van der Waals surface area contributed by atoms with Crippen LogP contribution in [0.3, 0.4) is 0 Å². The lowest BCUT2D eigenvalue weighted by Gasteiger charge is -2.23. The molecule has 0 N–H and O–H groups in total. The molecule has 1 amide bonds. The Kier molecular flexibility index (Phi) is 6.47. The van der Waals surface area contributed by atoms with Crippen LogP contribution in [0.5, 0.6) is 5.75 Å². The second-order valence-electron chi connectivity index (χ2n) is 6.40. The molecule has 3 aromatic rings. The van der Waals surface area contributed by atoms with Crippen LogP contribution in [0.25, 0.3) is 0 Å². The molecule has 0 fully saturated rings. The van der Waals surface area contributed by atoms with E-state index in [9.17, 15) is 22.0 Å². The fourth-order valence-electron chi connectivity index (χ4n) is 2.85. The van der Waals surface area contributed by atoms with Crippen LogP contribution < -0.4 is 9.64 Å². The standard InChI is InChI=1S/C22H19F2NO4S/c1-29-19-11-9-18(10-12-19)25(15-16-5-3-2-4-6-16)21(26)17-7-13-20(14-8-17)30(27,28)22(23)24/h2-14,22H,15H2,1H3. The lowest BCUT2D eigenvalue weighted by atomic mass is 10.1. The van der Waals surface area contributed by atoms with Gasteiger partial charge in [-0.1, -0.05) is 30.3 Å². The van der Waals surface area contributed by atoms with Crippen molar-refractivity contribution in [2.45, 2.75) is 17.2 Å². The number of nitrogens with zero attached hydrogens (tertiary/aromatic N) is 1. The van der Waals surface area contributed by atoms with Gasteiger partial charge in [0, 0.05) is 11.3 Å². The van der Waals surface area contributed by atoms with Crippen LogP contribution in [0.4, 0.5) is 14.5 Å². The average Bonchev–Trinajstić information content (AvgIpc) is 2.78. The summed E-state index contributed by atoms with van der Waals surface area (Å²) in [7, 11) is -3.18. The number of halogens is 2. The van der Waals surface area contributed by atoms with Gasteiger partial charge in [0.25, 0.3) is 5.91 Å². The minimum absolute atomic E-state index is 0.176. The molecular formula is C22H19F2NO4S. The minimum atomic E-state index is -4.72. The second kappa shape index (κ2) is 9.04. The zero-order valence-corrected chi connectivity index (χ0v) is 16.9. The molecule has 0 atom stereocenters. The molecule has 3 aromatic carbocycles. The zero-order chi connectivity index (χ0) is 21.7. The van der Waals surface area contributed by atoms with E-state index in [1.807, 2.05) is 30.3 Å². The maximum absolute atomic E-state index is 13.2. The summed E-state index contributed by atoms with van der Waals surface area (Å²) >= 11 is 0. The number of hydrogen-bond acceptors (Lipinski definition) is 4. The number of hydrogen-bond donors (Lipinski definition) is 0. The lowest BCUT2D eigenvalue weighted by Crippen LogP contribution is -2.30. The monoisotopic (exact) mass is 431 g/mol. The van der Waals surface area contributed by atoms with E-state index in [-0.39, 0.29) is 12.1 Å². The molecule has 0 aromatic heterocycles. The van der Waals surface area contributed by atoms with Gasteiger partial charge in [0.15, 0.2) is 0 Å². The van der Waals surface area contributed by atoms with E-state index in [2.05, 4.69) is 0 Å². The van der Waals surface area contributed by atoms with Gasteiger partial charge in [-0.05, 0) is 54.1 Å². The van der Waals surface area contributed by atoms with Crippen molar-refractivity contribution in [3.63, 3.8) is 0 Å². The number of ether oxygens (including phenoxy) is 1. The van der Waals surface area contributed by atoms with Crippen LogP contribution in [0.15, 0.2) is 83.8 Å². The van der Waals surface area contributed by atoms with E-state index < -0.39 is 26.4 Å². The van der Waals surface area contributed by atoms with E-state index in [0.717, 1.165) is 17.7 Å². The number of carbonyl (C=O) groups excluding carboxylic acids is 1. The van der Waals surface area contributed by atoms with E-state index in [4.69, 9.17) is 4.74 Å². The quantitative estimate of drug-likeness (QED) is 0.551. The molecule has 0 spiro atoms. The van der Waals surface area contributed by atoms with Crippen molar-refractivity contribution in [3.8, 4) is 5.75 Å². The predicted octanol–water partition coefficient (Wildman–Crippen LogP) is 4.54. The van der Waals surface area contributed by atoms with Crippen molar-refractivity contribution in [1.82, 2.24) is 0 Å². The molecule has 0 radical (unpaired) electrons. The van der Waals surface area contributed by atoms with Gasteiger partial charge in [-0.2, -0.15) is 8.78 Å². The van der Waals surface area contributed by atoms with Crippen LogP contribution >= 0.6 is 0 Å². The van der Waals surface area contributed by atoms with Crippen molar-refractivity contribution in [3.05, 3.63) is 90.0 Å². The summed E-state index contributed by atoms with van der Waals surface area (Å²) < 4.78 is 53.9. The molecule has 8 heteroatoms. The smallest absolute Gasteiger partial charge is 0.341 e. The number of sulfone groups is 1. The third kappa shape index (κ3) is 4.65. The molecule has 0 saturated heterocycles. The highest BCUT2D eigenvalue weighted by molar-refractivity contribution is 7.91. The van der Waals surface area contributed by atoms with E-state index in [0.29, 0.717) is 11.4 Å². The SMILES string of the molecule is COc1ccc(N(Cc2ccccc2)C(=O)c2ccc(S(=O)(=O)C(F)F)cc2)cc1. The van der Waals surface area contributed by atoms with Crippen LogP contribution in [0.2, 0.25) is 0 Å². The van der Waals surface area contributed by atoms with E-state index >= 15 is 0 Å². The number of rotatable bonds is 7. The zero-order valence-electron chi connectivity index (χ0n) is 16.0. The first-order valence-corrected chi connectivity index (χ1v) is 10.5. The summed E-state index contributed by atoms with van der Waals surface area (Å²) in [6.07, 6.45) is 0. The summed E-state index contributed by atoms with van der Waals surface area (Å²) in [6.45, 7) is 0.267. The fourth-order valence-corrected chi connectivity index (χ4v) is 3.58. The van der Waals surface area contributed by atoms with Gasteiger partial charge >= 0.3 is 5.76 Å². The molecule has 156 valence electrons. The molecule has 0 aliphatic rings. The van der Waals surface area contributed by atoms with Gasteiger partial charge < -0.3 is 9.64 Å². The molecular weight excluding hydrogens is 412 g/mol. The van der Waals surface area contributed by atoms with Gasteiger partial charge in [0.05, 0.1) is 18.6 Å². The summed E-state index contributed by atoms with van der Waals surface area (Å²) in [4.78, 5) is 14.2. The van der Waals surface area contributed by atoms with Crippen molar-refractivity contribution in [2.75, 3.05) is 12.0 Å². The fraction of sp³-hybridized carbons (Fsp3) is 0.136. The maximum Gasteiger partial charge on any atom is 0.341 e. The third-order valence-electron chi connectivity index (χ3n) is 4.48. The van der Waals surface area contributed by atoms with Crippen molar-refractivity contribution in [1.29, 1.82) is 0 Å². The topological polar surface area (TPSA) is 63.7 Å². The highest BCUT2D eigenvalue weighted by atomic mass is 32.2. The Hall–Kier alpha value is -3.26. The number of benzene rings is 3. The highest BCUT2D eigenvalue weighted by Gasteiger charge is 2.27. The van der Waals surface area contributed by atoms with E-state index in [1.54, 1.807) is 24.3 Å². The Morgan fingerprint density at radius 1 is 0.933 bits per heavy atom. The van der Waals surface area contributed by atoms with Crippen molar-refractivity contribution in [2.24, 2.45) is 0 Å². The van der Waals surface area contributed by atoms with Gasteiger partial charge in [-0.3, -0.25) is 4.79 Å². The normalized spacial score (nSPS) is 11.3. The molecule has 5 nitrogen and oxygen atoms in total. The maximum atomic E-state index is 13.2. The molecule has 0 aliphatic heterocycles. The summed E-state index contributed by atoms with van der Waals surface area (Å²) in [6, 6.07) is 20.7. The van der Waals surface area contributed by atoms with Crippen LogP contribution in [0.1, 0.15) is 15.9 Å².